The number of nitrogens with one attached hydrogen (secondary N) is 2. The standard InChI is InChI=1S/C21H22N2O5S2/c1-27-16-10-11-19(28-2)17(14-16)22-21(24)18(13-15-7-4-3-5-8-15)23-30(25,26)20-9-6-12-29-20/h3-12,14,18,23H,13H2,1-2H3,(H,22,24)/t18-/m1/s1. The largest absolute Gasteiger partial charge is 0.497 e. The molecule has 0 bridgehead atoms. The summed E-state index contributed by atoms with van der Waals surface area (Å²) in [6, 6.07) is 16.3. The van der Waals surface area contributed by atoms with Gasteiger partial charge in [-0.3, -0.25) is 4.79 Å². The maximum atomic E-state index is 13.1. The van der Waals surface area contributed by atoms with Crippen molar-refractivity contribution in [2.75, 3.05) is 19.5 Å². The highest BCUT2D eigenvalue weighted by molar-refractivity contribution is 7.91. The number of rotatable bonds is 9. The minimum Gasteiger partial charge on any atom is -0.497 e. The molecule has 0 saturated carbocycles. The Hall–Kier alpha value is -2.88. The van der Waals surface area contributed by atoms with E-state index in [2.05, 4.69) is 10.0 Å². The average molecular weight is 447 g/mol. The van der Waals surface area contributed by atoms with E-state index in [-0.39, 0.29) is 10.6 Å². The number of amides is 1. The van der Waals surface area contributed by atoms with Gasteiger partial charge < -0.3 is 14.8 Å². The van der Waals surface area contributed by atoms with Crippen molar-refractivity contribution in [1.29, 1.82) is 0 Å². The molecule has 2 N–H and O–H groups in total. The highest BCUT2D eigenvalue weighted by Crippen LogP contribution is 2.29. The van der Waals surface area contributed by atoms with Gasteiger partial charge in [0.15, 0.2) is 0 Å². The SMILES string of the molecule is COc1ccc(OC)c(NC(=O)[C@@H](Cc2ccccc2)NS(=O)(=O)c2cccs2)c1. The van der Waals surface area contributed by atoms with Gasteiger partial charge in [-0.15, -0.1) is 11.3 Å². The van der Waals surface area contributed by atoms with Crippen molar-refractivity contribution in [3.8, 4) is 11.5 Å². The summed E-state index contributed by atoms with van der Waals surface area (Å²) in [6.07, 6.45) is 0.184. The van der Waals surface area contributed by atoms with Crippen LogP contribution < -0.4 is 19.5 Å². The van der Waals surface area contributed by atoms with Gasteiger partial charge in [0, 0.05) is 6.07 Å². The molecule has 1 atom stereocenters. The molecule has 0 aliphatic heterocycles. The number of anilines is 1. The fraction of sp³-hybridized carbons (Fsp3) is 0.190. The number of sulfonamides is 1. The summed E-state index contributed by atoms with van der Waals surface area (Å²) in [5, 5.41) is 4.43. The summed E-state index contributed by atoms with van der Waals surface area (Å²) in [5.41, 5.74) is 1.21. The van der Waals surface area contributed by atoms with Gasteiger partial charge in [-0.2, -0.15) is 4.72 Å². The molecule has 1 aromatic heterocycles. The predicted molar refractivity (Wildman–Crippen MR) is 117 cm³/mol. The van der Waals surface area contributed by atoms with Crippen molar-refractivity contribution < 1.29 is 22.7 Å². The van der Waals surface area contributed by atoms with Gasteiger partial charge in [0.2, 0.25) is 5.91 Å². The molecule has 1 amide bonds. The van der Waals surface area contributed by atoms with Crippen molar-refractivity contribution in [2.45, 2.75) is 16.7 Å². The second kappa shape index (κ2) is 9.75. The molecule has 9 heteroatoms. The van der Waals surface area contributed by atoms with Crippen LogP contribution in [0.5, 0.6) is 11.5 Å². The second-order valence-corrected chi connectivity index (χ2v) is 9.24. The fourth-order valence-corrected chi connectivity index (χ4v) is 5.04. The van der Waals surface area contributed by atoms with E-state index in [4.69, 9.17) is 9.47 Å². The Labute approximate surface area is 179 Å². The summed E-state index contributed by atoms with van der Waals surface area (Å²) in [7, 11) is -0.851. The van der Waals surface area contributed by atoms with Crippen LogP contribution in [-0.4, -0.2) is 34.6 Å². The summed E-state index contributed by atoms with van der Waals surface area (Å²) in [6.45, 7) is 0. The van der Waals surface area contributed by atoms with Crippen molar-refractivity contribution in [2.24, 2.45) is 0 Å². The van der Waals surface area contributed by atoms with Gasteiger partial charge in [0.05, 0.1) is 19.9 Å². The van der Waals surface area contributed by atoms with Crippen molar-refractivity contribution in [1.82, 2.24) is 4.72 Å². The third-order valence-corrected chi connectivity index (χ3v) is 7.19. The van der Waals surface area contributed by atoms with Crippen molar-refractivity contribution in [3.05, 3.63) is 71.6 Å². The average Bonchev–Trinajstić information content (AvgIpc) is 3.30. The monoisotopic (exact) mass is 446 g/mol. The van der Waals surface area contributed by atoms with Crippen LogP contribution in [-0.2, 0) is 21.2 Å². The molecule has 0 fully saturated rings. The predicted octanol–water partition coefficient (Wildman–Crippen LogP) is 3.29. The van der Waals surface area contributed by atoms with E-state index in [1.54, 1.807) is 29.6 Å². The first kappa shape index (κ1) is 21.8. The molecule has 7 nitrogen and oxygen atoms in total. The molecule has 0 aliphatic rings. The zero-order chi connectivity index (χ0) is 21.6. The minimum atomic E-state index is -3.85. The zero-order valence-electron chi connectivity index (χ0n) is 16.5. The van der Waals surface area contributed by atoms with E-state index < -0.39 is 22.0 Å². The van der Waals surface area contributed by atoms with Gasteiger partial charge >= 0.3 is 0 Å². The number of hydrogen-bond acceptors (Lipinski definition) is 6. The van der Waals surface area contributed by atoms with E-state index >= 15 is 0 Å². The number of carbonyl (C=O) groups is 1. The van der Waals surface area contributed by atoms with E-state index in [1.165, 1.54) is 20.3 Å². The van der Waals surface area contributed by atoms with E-state index in [0.29, 0.717) is 17.2 Å². The highest BCUT2D eigenvalue weighted by atomic mass is 32.2. The van der Waals surface area contributed by atoms with E-state index in [1.807, 2.05) is 30.3 Å². The van der Waals surface area contributed by atoms with Gasteiger partial charge in [0.25, 0.3) is 10.0 Å². The lowest BCUT2D eigenvalue weighted by molar-refractivity contribution is -0.117. The number of ether oxygens (including phenoxy) is 2. The lowest BCUT2D eigenvalue weighted by Crippen LogP contribution is -2.45. The summed E-state index contributed by atoms with van der Waals surface area (Å²) < 4.78 is 38.7. The Morgan fingerprint density at radius 3 is 2.43 bits per heavy atom. The summed E-state index contributed by atoms with van der Waals surface area (Å²) in [4.78, 5) is 13.1. The Balaban J connectivity index is 1.88. The van der Waals surface area contributed by atoms with Crippen LogP contribution in [0, 0.1) is 0 Å². The molecule has 2 aromatic carbocycles. The van der Waals surface area contributed by atoms with Gasteiger partial charge in [-0.1, -0.05) is 36.4 Å². The molecule has 0 spiro atoms. The molecule has 3 rings (SSSR count). The third kappa shape index (κ3) is 5.38. The maximum Gasteiger partial charge on any atom is 0.250 e. The van der Waals surface area contributed by atoms with E-state index in [0.717, 1.165) is 16.9 Å². The molecule has 0 radical (unpaired) electrons. The minimum absolute atomic E-state index is 0.146. The number of carbonyl (C=O) groups excluding carboxylic acids is 1. The lowest BCUT2D eigenvalue weighted by Gasteiger charge is -2.19. The van der Waals surface area contributed by atoms with Crippen LogP contribution in [0.3, 0.4) is 0 Å². The lowest BCUT2D eigenvalue weighted by atomic mass is 10.1. The van der Waals surface area contributed by atoms with Crippen LogP contribution in [0.2, 0.25) is 0 Å². The molecule has 158 valence electrons. The molecule has 0 saturated heterocycles. The Morgan fingerprint density at radius 1 is 1.03 bits per heavy atom. The first-order valence-electron chi connectivity index (χ1n) is 9.05. The molecular formula is C21H22N2O5S2. The van der Waals surface area contributed by atoms with Crippen molar-refractivity contribution in [3.63, 3.8) is 0 Å². The summed E-state index contributed by atoms with van der Waals surface area (Å²) >= 11 is 1.09. The number of hydrogen-bond donors (Lipinski definition) is 2. The maximum absolute atomic E-state index is 13.1. The topological polar surface area (TPSA) is 93.7 Å². The van der Waals surface area contributed by atoms with Gasteiger partial charge in [-0.05, 0) is 35.6 Å². The van der Waals surface area contributed by atoms with E-state index in [9.17, 15) is 13.2 Å². The molecule has 3 aromatic rings. The highest BCUT2D eigenvalue weighted by Gasteiger charge is 2.27. The van der Waals surface area contributed by atoms with Crippen LogP contribution in [0.25, 0.3) is 0 Å². The quantitative estimate of drug-likeness (QED) is 0.526. The number of benzene rings is 2. The van der Waals surface area contributed by atoms with Crippen molar-refractivity contribution >= 4 is 33.0 Å². The Morgan fingerprint density at radius 2 is 1.80 bits per heavy atom. The summed E-state index contributed by atoms with van der Waals surface area (Å²) in [5.74, 6) is 0.458. The van der Waals surface area contributed by atoms with Crippen LogP contribution in [0.15, 0.2) is 70.3 Å². The first-order valence-corrected chi connectivity index (χ1v) is 11.4. The Bertz CT molecular complexity index is 1080. The number of methoxy groups -OCH3 is 2. The van der Waals surface area contributed by atoms with Crippen LogP contribution in [0.1, 0.15) is 5.56 Å². The first-order chi connectivity index (χ1) is 14.4. The molecule has 30 heavy (non-hydrogen) atoms. The third-order valence-electron chi connectivity index (χ3n) is 4.32. The van der Waals surface area contributed by atoms with Crippen LogP contribution in [0.4, 0.5) is 5.69 Å². The fourth-order valence-electron chi connectivity index (χ4n) is 2.83. The zero-order valence-corrected chi connectivity index (χ0v) is 18.1. The molecule has 0 unspecified atom stereocenters. The molecule has 0 aliphatic carbocycles. The normalized spacial score (nSPS) is 12.2. The van der Waals surface area contributed by atoms with Crippen LogP contribution >= 0.6 is 11.3 Å². The molecule has 1 heterocycles. The smallest absolute Gasteiger partial charge is 0.250 e. The molecular weight excluding hydrogens is 424 g/mol. The van der Waals surface area contributed by atoms with Gasteiger partial charge in [-0.25, -0.2) is 8.42 Å². The number of thiophene rings is 1. The second-order valence-electron chi connectivity index (χ2n) is 6.35. The Kier molecular flexibility index (Phi) is 7.09. The van der Waals surface area contributed by atoms with Gasteiger partial charge in [0.1, 0.15) is 21.8 Å².